The summed E-state index contributed by atoms with van der Waals surface area (Å²) in [6, 6.07) is 14.1. The van der Waals surface area contributed by atoms with Crippen molar-refractivity contribution in [3.05, 3.63) is 59.7 Å². The second-order valence-corrected chi connectivity index (χ2v) is 6.08. The highest BCUT2D eigenvalue weighted by molar-refractivity contribution is 7.89. The number of hydrogen-bond acceptors (Lipinski definition) is 3. The molecule has 2 rings (SSSR count). The Morgan fingerprint density at radius 3 is 2.32 bits per heavy atom. The maximum atomic E-state index is 12.1. The number of rotatable bonds is 4. The van der Waals surface area contributed by atoms with E-state index in [0.717, 1.165) is 11.1 Å². The van der Waals surface area contributed by atoms with Crippen LogP contribution in [0.1, 0.15) is 11.1 Å². The van der Waals surface area contributed by atoms with Crippen LogP contribution in [0.4, 0.5) is 5.69 Å². The molecule has 0 aliphatic heterocycles. The summed E-state index contributed by atoms with van der Waals surface area (Å²) in [7, 11) is -3.57. The molecule has 2 aromatic carbocycles. The van der Waals surface area contributed by atoms with E-state index in [4.69, 9.17) is 5.73 Å². The molecule has 0 saturated heterocycles. The van der Waals surface area contributed by atoms with Crippen LogP contribution in [0.5, 0.6) is 0 Å². The molecule has 0 aromatic heterocycles. The zero-order valence-electron chi connectivity index (χ0n) is 10.6. The summed E-state index contributed by atoms with van der Waals surface area (Å²) >= 11 is 0. The Morgan fingerprint density at radius 1 is 1.05 bits per heavy atom. The highest BCUT2D eigenvalue weighted by Crippen LogP contribution is 2.17. The van der Waals surface area contributed by atoms with Crippen LogP contribution in [0.2, 0.25) is 0 Å². The Balaban J connectivity index is 2.14. The zero-order valence-corrected chi connectivity index (χ0v) is 11.4. The first kappa shape index (κ1) is 13.6. The van der Waals surface area contributed by atoms with E-state index in [2.05, 4.69) is 4.72 Å². The first-order valence-corrected chi connectivity index (χ1v) is 7.37. The van der Waals surface area contributed by atoms with E-state index in [1.54, 1.807) is 18.2 Å². The lowest BCUT2D eigenvalue weighted by molar-refractivity contribution is 0.582. The van der Waals surface area contributed by atoms with Crippen LogP contribution < -0.4 is 10.5 Å². The number of hydrogen-bond donors (Lipinski definition) is 2. The Hall–Kier alpha value is -1.85. The van der Waals surface area contributed by atoms with Gasteiger partial charge in [-0.05, 0) is 24.6 Å². The van der Waals surface area contributed by atoms with Crippen molar-refractivity contribution in [3.63, 3.8) is 0 Å². The van der Waals surface area contributed by atoms with Crippen LogP contribution in [-0.2, 0) is 16.6 Å². The van der Waals surface area contributed by atoms with Crippen LogP contribution in [-0.4, -0.2) is 8.42 Å². The molecule has 19 heavy (non-hydrogen) atoms. The second kappa shape index (κ2) is 5.42. The van der Waals surface area contributed by atoms with Gasteiger partial charge in [0.1, 0.15) is 4.90 Å². The third-order valence-electron chi connectivity index (χ3n) is 2.80. The van der Waals surface area contributed by atoms with Gasteiger partial charge < -0.3 is 5.73 Å². The monoisotopic (exact) mass is 276 g/mol. The lowest BCUT2D eigenvalue weighted by atomic mass is 10.2. The summed E-state index contributed by atoms with van der Waals surface area (Å²) in [5.74, 6) is 0. The fourth-order valence-corrected chi connectivity index (χ4v) is 2.84. The smallest absolute Gasteiger partial charge is 0.242 e. The normalized spacial score (nSPS) is 11.4. The maximum Gasteiger partial charge on any atom is 0.242 e. The molecule has 0 unspecified atom stereocenters. The predicted octanol–water partition coefficient (Wildman–Crippen LogP) is 2.06. The van der Waals surface area contributed by atoms with Gasteiger partial charge in [0.05, 0.1) is 5.69 Å². The fraction of sp³-hybridized carbons (Fsp3) is 0.143. The lowest BCUT2D eigenvalue weighted by Crippen LogP contribution is -2.24. The molecule has 0 heterocycles. The summed E-state index contributed by atoms with van der Waals surface area (Å²) in [5.41, 5.74) is 7.97. The molecule has 4 nitrogen and oxygen atoms in total. The highest BCUT2D eigenvalue weighted by atomic mass is 32.2. The van der Waals surface area contributed by atoms with E-state index < -0.39 is 10.0 Å². The molecule has 100 valence electrons. The van der Waals surface area contributed by atoms with E-state index >= 15 is 0 Å². The quantitative estimate of drug-likeness (QED) is 0.840. The van der Waals surface area contributed by atoms with Gasteiger partial charge in [-0.2, -0.15) is 0 Å². The molecule has 0 atom stereocenters. The molecule has 0 spiro atoms. The molecular formula is C14H16N2O2S. The van der Waals surface area contributed by atoms with E-state index in [-0.39, 0.29) is 17.1 Å². The van der Waals surface area contributed by atoms with Gasteiger partial charge in [-0.3, -0.25) is 0 Å². The minimum Gasteiger partial charge on any atom is -0.398 e. The standard InChI is InChI=1S/C14H16N2O2S/c1-11-6-8-12(9-7-11)10-16-19(17,18)14-5-3-2-4-13(14)15/h2-9,16H,10,15H2,1H3. The Bertz CT molecular complexity index is 664. The van der Waals surface area contributed by atoms with Crippen LogP contribution in [0.15, 0.2) is 53.4 Å². The third-order valence-corrected chi connectivity index (χ3v) is 4.27. The number of anilines is 1. The van der Waals surface area contributed by atoms with Gasteiger partial charge >= 0.3 is 0 Å². The number of nitrogens with two attached hydrogens (primary N) is 1. The van der Waals surface area contributed by atoms with Crippen molar-refractivity contribution >= 4 is 15.7 Å². The molecule has 5 heteroatoms. The number of nitrogen functional groups attached to an aromatic ring is 1. The van der Waals surface area contributed by atoms with Crippen LogP contribution in [0.25, 0.3) is 0 Å². The molecule has 0 aliphatic rings. The van der Waals surface area contributed by atoms with Gasteiger partial charge in [0, 0.05) is 6.54 Å². The van der Waals surface area contributed by atoms with Gasteiger partial charge in [0.25, 0.3) is 0 Å². The van der Waals surface area contributed by atoms with E-state index in [1.165, 1.54) is 6.07 Å². The maximum absolute atomic E-state index is 12.1. The van der Waals surface area contributed by atoms with E-state index in [1.807, 2.05) is 31.2 Å². The molecule has 0 radical (unpaired) electrons. The number of benzene rings is 2. The minimum atomic E-state index is -3.57. The topological polar surface area (TPSA) is 72.2 Å². The average Bonchev–Trinajstić information content (AvgIpc) is 2.38. The van der Waals surface area contributed by atoms with Gasteiger partial charge in [0.15, 0.2) is 0 Å². The van der Waals surface area contributed by atoms with Crippen LogP contribution in [0, 0.1) is 6.92 Å². The van der Waals surface area contributed by atoms with Crippen molar-refractivity contribution in [3.8, 4) is 0 Å². The summed E-state index contributed by atoms with van der Waals surface area (Å²) in [5, 5.41) is 0. The summed E-state index contributed by atoms with van der Waals surface area (Å²) in [6.45, 7) is 2.23. The van der Waals surface area contributed by atoms with E-state index in [0.29, 0.717) is 0 Å². The lowest BCUT2D eigenvalue weighted by Gasteiger charge is -2.09. The molecule has 3 N–H and O–H groups in total. The molecule has 0 saturated carbocycles. The van der Waals surface area contributed by atoms with Crippen molar-refractivity contribution in [1.82, 2.24) is 4.72 Å². The summed E-state index contributed by atoms with van der Waals surface area (Å²) in [4.78, 5) is 0.113. The van der Waals surface area contributed by atoms with Crippen molar-refractivity contribution < 1.29 is 8.42 Å². The number of sulfonamides is 1. The molecule has 2 aromatic rings. The number of aryl methyl sites for hydroxylation is 1. The molecule has 0 bridgehead atoms. The molecule has 0 fully saturated rings. The average molecular weight is 276 g/mol. The largest absolute Gasteiger partial charge is 0.398 e. The fourth-order valence-electron chi connectivity index (χ4n) is 1.69. The SMILES string of the molecule is Cc1ccc(CNS(=O)(=O)c2ccccc2N)cc1. The van der Waals surface area contributed by atoms with Crippen molar-refractivity contribution in [2.75, 3.05) is 5.73 Å². The minimum absolute atomic E-state index is 0.113. The zero-order chi connectivity index (χ0) is 13.9. The van der Waals surface area contributed by atoms with Crippen molar-refractivity contribution in [1.29, 1.82) is 0 Å². The molecule has 0 aliphatic carbocycles. The Labute approximate surface area is 113 Å². The van der Waals surface area contributed by atoms with Crippen LogP contribution in [0.3, 0.4) is 0 Å². The highest BCUT2D eigenvalue weighted by Gasteiger charge is 2.16. The molecule has 0 amide bonds. The Kier molecular flexibility index (Phi) is 3.87. The predicted molar refractivity (Wildman–Crippen MR) is 76.1 cm³/mol. The molecular weight excluding hydrogens is 260 g/mol. The second-order valence-electron chi connectivity index (χ2n) is 4.35. The van der Waals surface area contributed by atoms with Crippen LogP contribution >= 0.6 is 0 Å². The van der Waals surface area contributed by atoms with Crippen molar-refractivity contribution in [2.45, 2.75) is 18.4 Å². The third kappa shape index (κ3) is 3.33. The first-order chi connectivity index (χ1) is 8.99. The number of para-hydroxylation sites is 1. The number of nitrogens with one attached hydrogen (secondary N) is 1. The van der Waals surface area contributed by atoms with E-state index in [9.17, 15) is 8.42 Å². The van der Waals surface area contributed by atoms with Gasteiger partial charge in [0.2, 0.25) is 10.0 Å². The van der Waals surface area contributed by atoms with Crippen molar-refractivity contribution in [2.24, 2.45) is 0 Å². The van der Waals surface area contributed by atoms with Gasteiger partial charge in [-0.15, -0.1) is 0 Å². The first-order valence-electron chi connectivity index (χ1n) is 5.89. The Morgan fingerprint density at radius 2 is 1.68 bits per heavy atom. The summed E-state index contributed by atoms with van der Waals surface area (Å²) < 4.78 is 26.7. The van der Waals surface area contributed by atoms with Gasteiger partial charge in [-0.1, -0.05) is 42.0 Å². The van der Waals surface area contributed by atoms with Gasteiger partial charge in [-0.25, -0.2) is 13.1 Å². The summed E-state index contributed by atoms with van der Waals surface area (Å²) in [6.07, 6.45) is 0.